The van der Waals surface area contributed by atoms with Gasteiger partial charge in [-0.25, -0.2) is 9.18 Å². The summed E-state index contributed by atoms with van der Waals surface area (Å²) in [5, 5.41) is 14.9. The number of aromatic carboxylic acids is 1. The molecule has 6 heteroatoms. The first-order valence-electron chi connectivity index (χ1n) is 4.31. The Kier molecular flexibility index (Phi) is 2.74. The Bertz CT molecular complexity index is 554. The van der Waals surface area contributed by atoms with E-state index in [1.807, 2.05) is 0 Å². The number of aromatic amines is 1. The van der Waals surface area contributed by atoms with Crippen molar-refractivity contribution in [3.63, 3.8) is 0 Å². The molecule has 0 radical (unpaired) electrons. The minimum atomic E-state index is -1.15. The third-order valence-corrected chi connectivity index (χ3v) is 2.56. The summed E-state index contributed by atoms with van der Waals surface area (Å²) in [7, 11) is 0. The van der Waals surface area contributed by atoms with Crippen LogP contribution in [0, 0.1) is 5.82 Å². The van der Waals surface area contributed by atoms with Crippen molar-refractivity contribution in [2.75, 3.05) is 0 Å². The van der Waals surface area contributed by atoms with Gasteiger partial charge in [-0.05, 0) is 18.2 Å². The zero-order valence-corrected chi connectivity index (χ0v) is 9.45. The maximum Gasteiger partial charge on any atom is 0.339 e. The van der Waals surface area contributed by atoms with E-state index < -0.39 is 11.8 Å². The first-order valence-corrected chi connectivity index (χ1v) is 5.11. The van der Waals surface area contributed by atoms with Crippen molar-refractivity contribution in [3.05, 3.63) is 40.2 Å². The molecule has 0 aliphatic rings. The summed E-state index contributed by atoms with van der Waals surface area (Å²) in [6.45, 7) is 0. The Morgan fingerprint density at radius 2 is 2.25 bits per heavy atom. The van der Waals surface area contributed by atoms with E-state index in [0.717, 1.165) is 6.20 Å². The van der Waals surface area contributed by atoms with Crippen molar-refractivity contribution in [1.29, 1.82) is 0 Å². The third kappa shape index (κ3) is 1.83. The summed E-state index contributed by atoms with van der Waals surface area (Å²) in [6.07, 6.45) is 1.15. The van der Waals surface area contributed by atoms with Crippen molar-refractivity contribution in [3.8, 4) is 11.3 Å². The van der Waals surface area contributed by atoms with Gasteiger partial charge in [0.2, 0.25) is 0 Å². The standard InChI is InChI=1S/C10H6BrFN2O2/c11-5-1-2-6(8(12)3-5)9-7(10(15)16)4-13-14-9/h1-4H,(H,13,14)(H,15,16). The predicted molar refractivity (Wildman–Crippen MR) is 58.6 cm³/mol. The normalized spacial score (nSPS) is 10.4. The summed E-state index contributed by atoms with van der Waals surface area (Å²) in [6, 6.07) is 4.38. The molecule has 0 amide bonds. The third-order valence-electron chi connectivity index (χ3n) is 2.07. The predicted octanol–water partition coefficient (Wildman–Crippen LogP) is 2.68. The summed E-state index contributed by atoms with van der Waals surface area (Å²) in [5.74, 6) is -1.66. The summed E-state index contributed by atoms with van der Waals surface area (Å²) in [4.78, 5) is 10.8. The van der Waals surface area contributed by atoms with Crippen LogP contribution in [-0.2, 0) is 0 Å². The highest BCUT2D eigenvalue weighted by Gasteiger charge is 2.16. The molecular weight excluding hydrogens is 279 g/mol. The van der Waals surface area contributed by atoms with E-state index in [0.29, 0.717) is 4.47 Å². The molecule has 16 heavy (non-hydrogen) atoms. The van der Waals surface area contributed by atoms with Gasteiger partial charge in [-0.1, -0.05) is 15.9 Å². The molecule has 0 aliphatic carbocycles. The van der Waals surface area contributed by atoms with Crippen molar-refractivity contribution >= 4 is 21.9 Å². The second kappa shape index (κ2) is 4.05. The van der Waals surface area contributed by atoms with Gasteiger partial charge in [-0.3, -0.25) is 5.10 Å². The van der Waals surface area contributed by atoms with Gasteiger partial charge in [-0.2, -0.15) is 5.10 Å². The number of hydrogen-bond acceptors (Lipinski definition) is 2. The van der Waals surface area contributed by atoms with Crippen molar-refractivity contribution in [1.82, 2.24) is 10.2 Å². The number of carboxylic acid groups (broad SMARTS) is 1. The maximum atomic E-state index is 13.6. The van der Waals surface area contributed by atoms with Gasteiger partial charge in [0.1, 0.15) is 11.4 Å². The average molecular weight is 285 g/mol. The van der Waals surface area contributed by atoms with E-state index in [2.05, 4.69) is 26.1 Å². The number of halogens is 2. The number of carboxylic acids is 1. The van der Waals surface area contributed by atoms with Crippen LogP contribution in [-0.4, -0.2) is 21.3 Å². The lowest BCUT2D eigenvalue weighted by molar-refractivity contribution is 0.0698. The molecule has 1 heterocycles. The SMILES string of the molecule is O=C(O)c1cn[nH]c1-c1ccc(Br)cc1F. The van der Waals surface area contributed by atoms with Crippen molar-refractivity contribution in [2.24, 2.45) is 0 Å². The number of carbonyl (C=O) groups is 1. The Labute approximate surface area is 98.2 Å². The lowest BCUT2D eigenvalue weighted by atomic mass is 10.1. The fourth-order valence-corrected chi connectivity index (χ4v) is 1.68. The van der Waals surface area contributed by atoms with Crippen LogP contribution >= 0.6 is 15.9 Å². The van der Waals surface area contributed by atoms with Crippen LogP contribution in [0.4, 0.5) is 4.39 Å². The number of H-pyrrole nitrogens is 1. The van der Waals surface area contributed by atoms with Crippen LogP contribution in [0.2, 0.25) is 0 Å². The molecule has 0 atom stereocenters. The molecule has 1 aromatic heterocycles. The van der Waals surface area contributed by atoms with Gasteiger partial charge in [0.05, 0.1) is 11.9 Å². The highest BCUT2D eigenvalue weighted by atomic mass is 79.9. The van der Waals surface area contributed by atoms with Crippen LogP contribution in [0.25, 0.3) is 11.3 Å². The zero-order valence-electron chi connectivity index (χ0n) is 7.87. The monoisotopic (exact) mass is 284 g/mol. The molecule has 0 spiro atoms. The molecule has 0 fully saturated rings. The number of nitrogens with zero attached hydrogens (tertiary/aromatic N) is 1. The van der Waals surface area contributed by atoms with Gasteiger partial charge in [0.15, 0.2) is 0 Å². The van der Waals surface area contributed by atoms with Crippen LogP contribution in [0.3, 0.4) is 0 Å². The molecular formula is C10H6BrFN2O2. The number of hydrogen-bond donors (Lipinski definition) is 2. The molecule has 1 aromatic carbocycles. The molecule has 0 aliphatic heterocycles. The molecule has 2 rings (SSSR count). The van der Waals surface area contributed by atoms with E-state index in [4.69, 9.17) is 5.11 Å². The number of rotatable bonds is 2. The Morgan fingerprint density at radius 1 is 1.50 bits per heavy atom. The fourth-order valence-electron chi connectivity index (χ4n) is 1.35. The fraction of sp³-hybridized carbons (Fsp3) is 0. The summed E-state index contributed by atoms with van der Waals surface area (Å²) >= 11 is 3.12. The quantitative estimate of drug-likeness (QED) is 0.891. The molecule has 2 aromatic rings. The Morgan fingerprint density at radius 3 is 2.88 bits per heavy atom. The molecule has 0 saturated heterocycles. The van der Waals surface area contributed by atoms with Crippen LogP contribution in [0.1, 0.15) is 10.4 Å². The Balaban J connectivity index is 2.59. The number of benzene rings is 1. The van der Waals surface area contributed by atoms with Gasteiger partial charge in [0, 0.05) is 10.0 Å². The minimum Gasteiger partial charge on any atom is -0.478 e. The van der Waals surface area contributed by atoms with E-state index in [9.17, 15) is 9.18 Å². The first kappa shape index (κ1) is 10.8. The smallest absolute Gasteiger partial charge is 0.339 e. The van der Waals surface area contributed by atoms with Crippen LogP contribution in [0.5, 0.6) is 0 Å². The molecule has 82 valence electrons. The molecule has 0 bridgehead atoms. The van der Waals surface area contributed by atoms with E-state index >= 15 is 0 Å². The molecule has 0 saturated carbocycles. The van der Waals surface area contributed by atoms with E-state index in [1.165, 1.54) is 12.1 Å². The van der Waals surface area contributed by atoms with Gasteiger partial charge < -0.3 is 5.11 Å². The van der Waals surface area contributed by atoms with Crippen molar-refractivity contribution < 1.29 is 14.3 Å². The van der Waals surface area contributed by atoms with Crippen LogP contribution < -0.4 is 0 Å². The summed E-state index contributed by atoms with van der Waals surface area (Å²) < 4.78 is 14.2. The average Bonchev–Trinajstić information content (AvgIpc) is 2.66. The maximum absolute atomic E-state index is 13.6. The summed E-state index contributed by atoms with van der Waals surface area (Å²) in [5.41, 5.74) is 0.289. The van der Waals surface area contributed by atoms with Gasteiger partial charge in [0.25, 0.3) is 0 Å². The Hall–Kier alpha value is -1.69. The molecule has 0 unspecified atom stereocenters. The van der Waals surface area contributed by atoms with Crippen molar-refractivity contribution in [2.45, 2.75) is 0 Å². The number of nitrogens with one attached hydrogen (secondary N) is 1. The van der Waals surface area contributed by atoms with E-state index in [-0.39, 0.29) is 16.8 Å². The second-order valence-corrected chi connectivity index (χ2v) is 4.00. The largest absolute Gasteiger partial charge is 0.478 e. The lowest BCUT2D eigenvalue weighted by Crippen LogP contribution is -1.97. The minimum absolute atomic E-state index is 0.0544. The van der Waals surface area contributed by atoms with E-state index in [1.54, 1.807) is 6.07 Å². The first-order chi connectivity index (χ1) is 7.59. The van der Waals surface area contributed by atoms with Crippen LogP contribution in [0.15, 0.2) is 28.9 Å². The highest BCUT2D eigenvalue weighted by Crippen LogP contribution is 2.26. The zero-order chi connectivity index (χ0) is 11.7. The highest BCUT2D eigenvalue weighted by molar-refractivity contribution is 9.10. The molecule has 4 nitrogen and oxygen atoms in total. The van der Waals surface area contributed by atoms with Gasteiger partial charge in [-0.15, -0.1) is 0 Å². The topological polar surface area (TPSA) is 66.0 Å². The van der Waals surface area contributed by atoms with Gasteiger partial charge >= 0.3 is 5.97 Å². The lowest BCUT2D eigenvalue weighted by Gasteiger charge is -2.02. The number of aromatic nitrogens is 2. The second-order valence-electron chi connectivity index (χ2n) is 3.09. The molecule has 2 N–H and O–H groups in total.